The molecule has 0 fully saturated rings. The Morgan fingerprint density at radius 1 is 1.16 bits per heavy atom. The van der Waals surface area contributed by atoms with Gasteiger partial charge in [-0.05, 0) is 30.5 Å². The van der Waals surface area contributed by atoms with Gasteiger partial charge in [-0.15, -0.1) is 24.0 Å². The second kappa shape index (κ2) is 12.6. The lowest BCUT2D eigenvalue weighted by Crippen LogP contribution is -2.41. The van der Waals surface area contributed by atoms with E-state index < -0.39 is 14.8 Å². The fraction of sp³-hybridized carbons (Fsp3) is 0.381. The number of rotatable bonds is 9. The van der Waals surface area contributed by atoms with Crippen molar-refractivity contribution in [3.05, 3.63) is 63.7 Å². The molecule has 1 atom stereocenters. The van der Waals surface area contributed by atoms with Gasteiger partial charge in [0, 0.05) is 39.0 Å². The van der Waals surface area contributed by atoms with Crippen LogP contribution in [-0.2, 0) is 9.84 Å². The van der Waals surface area contributed by atoms with Crippen molar-refractivity contribution in [3.8, 4) is 0 Å². The molecule has 2 aromatic rings. The van der Waals surface area contributed by atoms with Gasteiger partial charge in [-0.2, -0.15) is 0 Å². The molecular weight excluding hydrogens is 545 g/mol. The maximum atomic E-state index is 11.6. The van der Waals surface area contributed by atoms with Crippen LogP contribution in [0.4, 0.5) is 11.4 Å². The monoisotopic (exact) mass is 575 g/mol. The highest BCUT2D eigenvalue weighted by molar-refractivity contribution is 14.0. The molecule has 0 aliphatic heterocycles. The van der Waals surface area contributed by atoms with Crippen molar-refractivity contribution < 1.29 is 13.3 Å². The molecule has 0 bridgehead atoms. The van der Waals surface area contributed by atoms with Gasteiger partial charge in [0.2, 0.25) is 0 Å². The lowest BCUT2D eigenvalue weighted by Gasteiger charge is -2.17. The van der Waals surface area contributed by atoms with E-state index >= 15 is 0 Å². The van der Waals surface area contributed by atoms with Crippen molar-refractivity contribution in [2.24, 2.45) is 4.99 Å². The molecule has 11 heteroatoms. The van der Waals surface area contributed by atoms with E-state index in [-0.39, 0.29) is 40.2 Å². The zero-order valence-corrected chi connectivity index (χ0v) is 21.7. The maximum Gasteiger partial charge on any atom is 0.293 e. The Kier molecular flexibility index (Phi) is 10.9. The lowest BCUT2D eigenvalue weighted by molar-refractivity contribution is -0.384. The zero-order chi connectivity index (χ0) is 23.0. The molecule has 0 aromatic heterocycles. The molecule has 0 heterocycles. The van der Waals surface area contributed by atoms with Crippen LogP contribution in [0.3, 0.4) is 0 Å². The molecule has 0 aliphatic rings. The van der Waals surface area contributed by atoms with Gasteiger partial charge in [0.05, 0.1) is 9.82 Å². The number of benzene rings is 2. The Morgan fingerprint density at radius 2 is 1.88 bits per heavy atom. The van der Waals surface area contributed by atoms with E-state index in [1.54, 1.807) is 7.05 Å². The number of guanidine groups is 1. The van der Waals surface area contributed by atoms with Crippen molar-refractivity contribution in [1.82, 2.24) is 10.6 Å². The summed E-state index contributed by atoms with van der Waals surface area (Å²) in [6.07, 6.45) is 1.02. The summed E-state index contributed by atoms with van der Waals surface area (Å²) in [6, 6.07) is 12.2. The van der Waals surface area contributed by atoms with E-state index in [1.807, 2.05) is 6.07 Å². The zero-order valence-electron chi connectivity index (χ0n) is 18.6. The Labute approximate surface area is 206 Å². The van der Waals surface area contributed by atoms with Crippen LogP contribution < -0.4 is 16.0 Å². The van der Waals surface area contributed by atoms with Crippen LogP contribution in [0.5, 0.6) is 0 Å². The smallest absolute Gasteiger partial charge is 0.293 e. The second-order valence-electron chi connectivity index (χ2n) is 7.33. The number of hydrogen-bond acceptors (Lipinski definition) is 6. The summed E-state index contributed by atoms with van der Waals surface area (Å²) in [7, 11) is -1.84. The number of nitro benzene ring substituents is 1. The summed E-state index contributed by atoms with van der Waals surface area (Å²) < 4.78 is 23.3. The van der Waals surface area contributed by atoms with E-state index in [4.69, 9.17) is 0 Å². The van der Waals surface area contributed by atoms with E-state index in [0.29, 0.717) is 31.5 Å². The molecular formula is C21H30IN5O4S. The van der Waals surface area contributed by atoms with Gasteiger partial charge in [0.15, 0.2) is 15.8 Å². The van der Waals surface area contributed by atoms with Gasteiger partial charge in [-0.3, -0.25) is 15.1 Å². The topological polar surface area (TPSA) is 126 Å². The van der Waals surface area contributed by atoms with E-state index in [1.165, 1.54) is 23.3 Å². The molecule has 0 aliphatic carbocycles. The van der Waals surface area contributed by atoms with Crippen molar-refractivity contribution in [1.29, 1.82) is 0 Å². The molecule has 0 saturated carbocycles. The number of hydrogen-bond donors (Lipinski definition) is 3. The minimum Gasteiger partial charge on any atom is -0.378 e. The molecule has 32 heavy (non-hydrogen) atoms. The first-order valence-electron chi connectivity index (χ1n) is 9.85. The molecule has 176 valence electrons. The third-order valence-electron chi connectivity index (χ3n) is 4.74. The van der Waals surface area contributed by atoms with Gasteiger partial charge >= 0.3 is 0 Å². The fourth-order valence-electron chi connectivity index (χ4n) is 2.99. The largest absolute Gasteiger partial charge is 0.378 e. The first-order chi connectivity index (χ1) is 14.6. The maximum absolute atomic E-state index is 11.6. The number of anilines is 1. The van der Waals surface area contributed by atoms with Gasteiger partial charge in [-0.25, -0.2) is 8.42 Å². The summed E-state index contributed by atoms with van der Waals surface area (Å²) in [5.41, 5.74) is 2.44. The van der Waals surface area contributed by atoms with Crippen LogP contribution >= 0.6 is 24.0 Å². The molecule has 2 aromatic carbocycles. The highest BCUT2D eigenvalue weighted by Gasteiger charge is 2.18. The average molecular weight is 575 g/mol. The molecule has 3 N–H and O–H groups in total. The Morgan fingerprint density at radius 3 is 2.47 bits per heavy atom. The average Bonchev–Trinajstić information content (AvgIpc) is 2.72. The van der Waals surface area contributed by atoms with Crippen molar-refractivity contribution in [3.63, 3.8) is 0 Å². The van der Waals surface area contributed by atoms with Crippen LogP contribution in [0, 0.1) is 17.0 Å². The highest BCUT2D eigenvalue weighted by atomic mass is 127. The van der Waals surface area contributed by atoms with Crippen LogP contribution in [-0.4, -0.2) is 52.2 Å². The summed E-state index contributed by atoms with van der Waals surface area (Å²) in [5, 5.41) is 20.7. The van der Waals surface area contributed by atoms with E-state index in [0.717, 1.165) is 12.3 Å². The van der Waals surface area contributed by atoms with Gasteiger partial charge in [-0.1, -0.05) is 36.8 Å². The summed E-state index contributed by atoms with van der Waals surface area (Å²) >= 11 is 0. The predicted molar refractivity (Wildman–Crippen MR) is 139 cm³/mol. The van der Waals surface area contributed by atoms with Crippen molar-refractivity contribution in [2.45, 2.75) is 24.7 Å². The number of sulfone groups is 1. The summed E-state index contributed by atoms with van der Waals surface area (Å²) in [4.78, 5) is 14.8. The summed E-state index contributed by atoms with van der Waals surface area (Å²) in [5.74, 6) is 0.927. The highest BCUT2D eigenvalue weighted by Crippen LogP contribution is 2.27. The minimum absolute atomic E-state index is 0. The SMILES string of the molecule is CN=C(NCCNc1ccc(S(C)(=O)=O)cc1[N+](=O)[O-])NCC(C)c1cccc(C)c1.I. The van der Waals surface area contributed by atoms with Gasteiger partial charge in [0.25, 0.3) is 5.69 Å². The third kappa shape index (κ3) is 8.26. The minimum atomic E-state index is -3.52. The summed E-state index contributed by atoms with van der Waals surface area (Å²) in [6.45, 7) is 5.75. The second-order valence-corrected chi connectivity index (χ2v) is 9.35. The lowest BCUT2D eigenvalue weighted by atomic mass is 9.99. The van der Waals surface area contributed by atoms with Crippen LogP contribution in [0.1, 0.15) is 24.0 Å². The predicted octanol–water partition coefficient (Wildman–Crippen LogP) is 3.31. The standard InChI is InChI=1S/C21H29N5O4S.HI/c1-15-6-5-7-17(12-15)16(2)14-25-21(22-3)24-11-10-23-19-9-8-18(31(4,29)30)13-20(19)26(27)28;/h5-9,12-13,16,23H,10-11,14H2,1-4H3,(H2,22,24,25);1H. The molecule has 0 spiro atoms. The number of nitrogens with zero attached hydrogens (tertiary/aromatic N) is 2. The van der Waals surface area contributed by atoms with Crippen molar-refractivity contribution in [2.75, 3.05) is 38.3 Å². The van der Waals surface area contributed by atoms with Crippen LogP contribution in [0.15, 0.2) is 52.4 Å². The number of nitro groups is 1. The molecule has 0 saturated heterocycles. The van der Waals surface area contributed by atoms with E-state index in [2.05, 4.69) is 53.0 Å². The first kappa shape index (κ1) is 27.6. The Bertz CT molecular complexity index is 1060. The molecule has 2 rings (SSSR count). The normalized spacial score (nSPS) is 12.4. The number of nitrogens with one attached hydrogen (secondary N) is 3. The Balaban J connectivity index is 0.00000512. The molecule has 0 radical (unpaired) electrons. The third-order valence-corrected chi connectivity index (χ3v) is 5.85. The molecule has 9 nitrogen and oxygen atoms in total. The first-order valence-corrected chi connectivity index (χ1v) is 11.7. The molecule has 0 amide bonds. The molecule has 1 unspecified atom stereocenters. The van der Waals surface area contributed by atoms with Crippen molar-refractivity contribution >= 4 is 51.1 Å². The fourth-order valence-corrected chi connectivity index (χ4v) is 3.63. The van der Waals surface area contributed by atoms with Gasteiger partial charge in [0.1, 0.15) is 5.69 Å². The van der Waals surface area contributed by atoms with Crippen LogP contribution in [0.2, 0.25) is 0 Å². The Hall–Kier alpha value is -2.41. The quantitative estimate of drug-likeness (QED) is 0.105. The van der Waals surface area contributed by atoms with Gasteiger partial charge < -0.3 is 16.0 Å². The number of aryl methyl sites for hydroxylation is 1. The van der Waals surface area contributed by atoms with E-state index in [9.17, 15) is 18.5 Å². The number of aliphatic imine (C=N–C) groups is 1. The van der Waals surface area contributed by atoms with Crippen LogP contribution in [0.25, 0.3) is 0 Å². The number of halogens is 1.